The highest BCUT2D eigenvalue weighted by Crippen LogP contribution is 2.32. The van der Waals surface area contributed by atoms with Crippen LogP contribution in [-0.4, -0.2) is 22.6 Å². The number of aromatic nitrogens is 2. The third-order valence-corrected chi connectivity index (χ3v) is 4.58. The lowest BCUT2D eigenvalue weighted by molar-refractivity contribution is 0.0945. The molecule has 26 heavy (non-hydrogen) atoms. The number of benzene rings is 2. The van der Waals surface area contributed by atoms with Gasteiger partial charge in [-0.2, -0.15) is 0 Å². The third kappa shape index (κ3) is 3.28. The number of hydrogen-bond donors (Lipinski definition) is 1. The molecular formula is C21H20N4O. The van der Waals surface area contributed by atoms with Gasteiger partial charge in [0.2, 0.25) is 0 Å². The second-order valence-corrected chi connectivity index (χ2v) is 6.48. The summed E-state index contributed by atoms with van der Waals surface area (Å²) in [6, 6.07) is 20.0. The van der Waals surface area contributed by atoms with E-state index in [9.17, 15) is 4.79 Å². The predicted molar refractivity (Wildman–Crippen MR) is 102 cm³/mol. The molecule has 0 radical (unpaired) electrons. The van der Waals surface area contributed by atoms with Crippen molar-refractivity contribution >= 4 is 17.4 Å². The molecule has 2 heterocycles. The summed E-state index contributed by atoms with van der Waals surface area (Å²) in [5.74, 6) is 0.553. The Labute approximate surface area is 152 Å². The molecule has 0 saturated carbocycles. The first-order chi connectivity index (χ1) is 12.7. The number of fused-ring (bicyclic) bond motifs is 1. The number of para-hydroxylation sites is 1. The van der Waals surface area contributed by atoms with Gasteiger partial charge in [0.1, 0.15) is 0 Å². The molecule has 5 nitrogen and oxygen atoms in total. The lowest BCUT2D eigenvalue weighted by atomic mass is 10.1. The molecule has 0 aliphatic carbocycles. The molecule has 3 aromatic rings. The Morgan fingerprint density at radius 2 is 1.96 bits per heavy atom. The van der Waals surface area contributed by atoms with E-state index in [4.69, 9.17) is 0 Å². The maximum Gasteiger partial charge on any atom is 0.272 e. The Morgan fingerprint density at radius 3 is 2.77 bits per heavy atom. The first-order valence-electron chi connectivity index (χ1n) is 8.73. The van der Waals surface area contributed by atoms with Gasteiger partial charge in [-0.05, 0) is 42.7 Å². The van der Waals surface area contributed by atoms with Crippen LogP contribution in [0.3, 0.4) is 0 Å². The molecule has 4 rings (SSSR count). The summed E-state index contributed by atoms with van der Waals surface area (Å²) >= 11 is 0. The van der Waals surface area contributed by atoms with Gasteiger partial charge in [0, 0.05) is 18.8 Å². The Kier molecular flexibility index (Phi) is 4.35. The number of carbonyl (C=O) groups is 1. The normalized spacial score (nSPS) is 12.7. The molecule has 1 aromatic heterocycles. The van der Waals surface area contributed by atoms with Crippen LogP contribution >= 0.6 is 0 Å². The van der Waals surface area contributed by atoms with Gasteiger partial charge in [0.05, 0.1) is 0 Å². The monoisotopic (exact) mass is 344 g/mol. The van der Waals surface area contributed by atoms with E-state index >= 15 is 0 Å². The summed E-state index contributed by atoms with van der Waals surface area (Å²) in [5, 5.41) is 11.3. The van der Waals surface area contributed by atoms with Gasteiger partial charge in [-0.15, -0.1) is 10.2 Å². The number of hydrogen-bond acceptors (Lipinski definition) is 4. The first kappa shape index (κ1) is 16.3. The van der Waals surface area contributed by atoms with E-state index in [1.807, 2.05) is 37.3 Å². The van der Waals surface area contributed by atoms with Crippen molar-refractivity contribution in [1.29, 1.82) is 0 Å². The van der Waals surface area contributed by atoms with Crippen molar-refractivity contribution in [2.75, 3.05) is 11.4 Å². The van der Waals surface area contributed by atoms with E-state index in [1.54, 1.807) is 6.07 Å². The summed E-state index contributed by atoms with van der Waals surface area (Å²) in [6.07, 6.45) is 0.997. The van der Waals surface area contributed by atoms with Gasteiger partial charge in [-0.1, -0.05) is 48.0 Å². The van der Waals surface area contributed by atoms with Crippen LogP contribution in [0.15, 0.2) is 60.7 Å². The number of amides is 1. The van der Waals surface area contributed by atoms with E-state index in [0.717, 1.165) is 24.3 Å². The number of carbonyl (C=O) groups excluding carboxylic acids is 1. The molecule has 0 atom stereocenters. The molecular weight excluding hydrogens is 324 g/mol. The molecule has 0 unspecified atom stereocenters. The second kappa shape index (κ2) is 6.96. The largest absolute Gasteiger partial charge is 0.347 e. The molecule has 1 aliphatic heterocycles. The quantitative estimate of drug-likeness (QED) is 0.788. The predicted octanol–water partition coefficient (Wildman–Crippen LogP) is 3.41. The van der Waals surface area contributed by atoms with Crippen LogP contribution in [-0.2, 0) is 13.0 Å². The van der Waals surface area contributed by atoms with Gasteiger partial charge >= 0.3 is 0 Å². The highest BCUT2D eigenvalue weighted by Gasteiger charge is 2.21. The summed E-state index contributed by atoms with van der Waals surface area (Å²) in [4.78, 5) is 14.4. The van der Waals surface area contributed by atoms with Crippen LogP contribution in [0.1, 0.15) is 27.2 Å². The lowest BCUT2D eigenvalue weighted by Gasteiger charge is -2.17. The van der Waals surface area contributed by atoms with E-state index in [2.05, 4.69) is 44.7 Å². The summed E-state index contributed by atoms with van der Waals surface area (Å²) in [6.45, 7) is 3.39. The molecule has 0 bridgehead atoms. The van der Waals surface area contributed by atoms with Crippen molar-refractivity contribution < 1.29 is 4.79 Å². The standard InChI is InChI=1S/C21H20N4O/c1-15-5-4-6-16(13-15)14-22-21(26)18-9-10-20(24-23-18)25-12-11-17-7-2-3-8-19(17)25/h2-10,13H,11-12,14H2,1H3,(H,22,26). The Balaban J connectivity index is 1.44. The van der Waals surface area contributed by atoms with Crippen molar-refractivity contribution in [3.63, 3.8) is 0 Å². The topological polar surface area (TPSA) is 58.1 Å². The molecule has 1 N–H and O–H groups in total. The zero-order valence-electron chi connectivity index (χ0n) is 14.6. The molecule has 0 fully saturated rings. The first-order valence-corrected chi connectivity index (χ1v) is 8.73. The van der Waals surface area contributed by atoms with Crippen LogP contribution in [0.2, 0.25) is 0 Å². The minimum Gasteiger partial charge on any atom is -0.347 e. The molecule has 1 aliphatic rings. The van der Waals surface area contributed by atoms with E-state index in [0.29, 0.717) is 12.2 Å². The molecule has 0 saturated heterocycles. The molecule has 130 valence electrons. The fourth-order valence-corrected chi connectivity index (χ4v) is 3.26. The van der Waals surface area contributed by atoms with Crippen LogP contribution in [0.25, 0.3) is 0 Å². The van der Waals surface area contributed by atoms with E-state index in [1.165, 1.54) is 16.8 Å². The van der Waals surface area contributed by atoms with Crippen LogP contribution < -0.4 is 10.2 Å². The Morgan fingerprint density at radius 1 is 1.08 bits per heavy atom. The van der Waals surface area contributed by atoms with E-state index in [-0.39, 0.29) is 5.91 Å². The Hall–Kier alpha value is -3.21. The van der Waals surface area contributed by atoms with Crippen LogP contribution in [0.4, 0.5) is 11.5 Å². The smallest absolute Gasteiger partial charge is 0.272 e. The molecule has 2 aromatic carbocycles. The lowest BCUT2D eigenvalue weighted by Crippen LogP contribution is -2.24. The van der Waals surface area contributed by atoms with Gasteiger partial charge < -0.3 is 10.2 Å². The van der Waals surface area contributed by atoms with Crippen molar-refractivity contribution in [2.24, 2.45) is 0 Å². The number of aryl methyl sites for hydroxylation is 1. The zero-order valence-corrected chi connectivity index (χ0v) is 14.6. The molecule has 1 amide bonds. The van der Waals surface area contributed by atoms with E-state index < -0.39 is 0 Å². The maximum atomic E-state index is 12.3. The van der Waals surface area contributed by atoms with Gasteiger partial charge in [-0.25, -0.2) is 0 Å². The van der Waals surface area contributed by atoms with Crippen molar-refractivity contribution in [1.82, 2.24) is 15.5 Å². The van der Waals surface area contributed by atoms with Gasteiger partial charge in [0.25, 0.3) is 5.91 Å². The third-order valence-electron chi connectivity index (χ3n) is 4.58. The number of rotatable bonds is 4. The number of nitrogens with one attached hydrogen (secondary N) is 1. The minimum atomic E-state index is -0.215. The Bertz CT molecular complexity index is 937. The molecule has 5 heteroatoms. The SMILES string of the molecule is Cc1cccc(CNC(=O)c2ccc(N3CCc4ccccc43)nn2)c1. The number of nitrogens with zero attached hydrogens (tertiary/aromatic N) is 3. The zero-order chi connectivity index (χ0) is 17.9. The summed E-state index contributed by atoms with van der Waals surface area (Å²) < 4.78 is 0. The van der Waals surface area contributed by atoms with Crippen LogP contribution in [0.5, 0.6) is 0 Å². The highest BCUT2D eigenvalue weighted by atomic mass is 16.1. The number of anilines is 2. The highest BCUT2D eigenvalue weighted by molar-refractivity contribution is 5.92. The summed E-state index contributed by atoms with van der Waals surface area (Å²) in [5.41, 5.74) is 5.05. The van der Waals surface area contributed by atoms with Gasteiger partial charge in [0.15, 0.2) is 11.5 Å². The minimum absolute atomic E-state index is 0.215. The average molecular weight is 344 g/mol. The van der Waals surface area contributed by atoms with Gasteiger partial charge in [-0.3, -0.25) is 4.79 Å². The summed E-state index contributed by atoms with van der Waals surface area (Å²) in [7, 11) is 0. The fourth-order valence-electron chi connectivity index (χ4n) is 3.26. The van der Waals surface area contributed by atoms with Crippen molar-refractivity contribution in [3.8, 4) is 0 Å². The van der Waals surface area contributed by atoms with Crippen molar-refractivity contribution in [2.45, 2.75) is 19.9 Å². The van der Waals surface area contributed by atoms with Crippen LogP contribution in [0, 0.1) is 6.92 Å². The fraction of sp³-hybridized carbons (Fsp3) is 0.190. The average Bonchev–Trinajstić information content (AvgIpc) is 3.10. The second-order valence-electron chi connectivity index (χ2n) is 6.48. The van der Waals surface area contributed by atoms with Crippen molar-refractivity contribution in [3.05, 3.63) is 83.0 Å². The maximum absolute atomic E-state index is 12.3. The molecule has 0 spiro atoms.